The SMILES string of the molecule is Cc1nn2c3c(nnc2c1-c1ccc(F)cc1)C(=O)C[C@@H](c1cccs1)C3. The topological polar surface area (TPSA) is 60.1 Å². The van der Waals surface area contributed by atoms with Crippen molar-refractivity contribution in [3.05, 3.63) is 69.6 Å². The van der Waals surface area contributed by atoms with Crippen LogP contribution in [0.1, 0.15) is 39.1 Å². The largest absolute Gasteiger partial charge is 0.292 e. The minimum atomic E-state index is -0.291. The molecule has 27 heavy (non-hydrogen) atoms. The number of ketones is 1. The lowest BCUT2D eigenvalue weighted by molar-refractivity contribution is 0.0956. The predicted molar refractivity (Wildman–Crippen MR) is 101 cm³/mol. The fraction of sp³-hybridized carbons (Fsp3) is 0.200. The average molecular weight is 378 g/mol. The van der Waals surface area contributed by atoms with Gasteiger partial charge in [-0.2, -0.15) is 5.10 Å². The summed E-state index contributed by atoms with van der Waals surface area (Å²) in [5.74, 6) is -0.155. The molecule has 0 amide bonds. The van der Waals surface area contributed by atoms with Gasteiger partial charge >= 0.3 is 0 Å². The first-order chi connectivity index (χ1) is 13.1. The zero-order valence-electron chi connectivity index (χ0n) is 14.5. The summed E-state index contributed by atoms with van der Waals surface area (Å²) in [5, 5.41) is 15.2. The van der Waals surface area contributed by atoms with Crippen molar-refractivity contribution in [3.63, 3.8) is 0 Å². The highest BCUT2D eigenvalue weighted by atomic mass is 32.1. The molecule has 1 aromatic carbocycles. The molecule has 7 heteroatoms. The standard InChI is InChI=1S/C20H15FN4OS/c1-11-18(12-4-6-14(21)7-5-12)20-23-22-19-15(25(20)24-11)9-13(10-16(19)26)17-3-2-8-27-17/h2-8,13H,9-10H2,1H3/t13-/m0/s1. The minimum absolute atomic E-state index is 0.000496. The van der Waals surface area contributed by atoms with Crippen LogP contribution in [-0.2, 0) is 6.42 Å². The number of carbonyl (C=O) groups excluding carboxylic acids is 1. The summed E-state index contributed by atoms with van der Waals surface area (Å²) in [6.45, 7) is 1.89. The van der Waals surface area contributed by atoms with Crippen LogP contribution in [0.3, 0.4) is 0 Å². The molecule has 5 nitrogen and oxygen atoms in total. The van der Waals surface area contributed by atoms with Crippen molar-refractivity contribution >= 4 is 22.8 Å². The van der Waals surface area contributed by atoms with Gasteiger partial charge in [0.25, 0.3) is 0 Å². The Labute approximate surface area is 158 Å². The van der Waals surface area contributed by atoms with E-state index >= 15 is 0 Å². The molecule has 0 N–H and O–H groups in total. The summed E-state index contributed by atoms with van der Waals surface area (Å²) in [5.41, 5.74) is 4.22. The van der Waals surface area contributed by atoms with Crippen molar-refractivity contribution in [2.45, 2.75) is 25.7 Å². The molecule has 3 aromatic heterocycles. The van der Waals surface area contributed by atoms with Crippen LogP contribution in [0.25, 0.3) is 16.8 Å². The van der Waals surface area contributed by atoms with Crippen LogP contribution in [0, 0.1) is 12.7 Å². The van der Waals surface area contributed by atoms with E-state index in [0.717, 1.165) is 22.5 Å². The van der Waals surface area contributed by atoms with Gasteiger partial charge in [0, 0.05) is 23.6 Å². The monoisotopic (exact) mass is 378 g/mol. The maximum absolute atomic E-state index is 13.3. The predicted octanol–water partition coefficient (Wildman–Crippen LogP) is 4.21. The molecule has 0 aliphatic heterocycles. The molecule has 0 fully saturated rings. The first kappa shape index (κ1) is 16.3. The number of hydrogen-bond donors (Lipinski definition) is 0. The Bertz CT molecular complexity index is 1170. The van der Waals surface area contributed by atoms with E-state index in [9.17, 15) is 9.18 Å². The molecule has 134 valence electrons. The van der Waals surface area contributed by atoms with Crippen molar-refractivity contribution in [3.8, 4) is 11.1 Å². The lowest BCUT2D eigenvalue weighted by Crippen LogP contribution is -2.23. The Hall–Kier alpha value is -2.93. The number of thiophene rings is 1. The van der Waals surface area contributed by atoms with Crippen LogP contribution in [-0.4, -0.2) is 25.6 Å². The number of benzene rings is 1. The fourth-order valence-electron chi connectivity index (χ4n) is 3.76. The zero-order chi connectivity index (χ0) is 18.5. The van der Waals surface area contributed by atoms with Crippen LogP contribution < -0.4 is 0 Å². The number of hydrogen-bond acceptors (Lipinski definition) is 5. The fourth-order valence-corrected chi connectivity index (χ4v) is 4.59. The Morgan fingerprint density at radius 2 is 1.96 bits per heavy atom. The van der Waals surface area contributed by atoms with E-state index in [2.05, 4.69) is 21.4 Å². The van der Waals surface area contributed by atoms with E-state index in [-0.39, 0.29) is 17.5 Å². The number of nitrogens with zero attached hydrogens (tertiary/aromatic N) is 4. The molecular formula is C20H15FN4OS. The van der Waals surface area contributed by atoms with Gasteiger partial charge in [0.2, 0.25) is 0 Å². The molecule has 0 bridgehead atoms. The third-order valence-corrected chi connectivity index (χ3v) is 6.06. The second-order valence-corrected chi connectivity index (χ2v) is 7.72. The molecule has 3 heterocycles. The van der Waals surface area contributed by atoms with Crippen LogP contribution in [0.15, 0.2) is 41.8 Å². The van der Waals surface area contributed by atoms with Crippen LogP contribution in [0.5, 0.6) is 0 Å². The van der Waals surface area contributed by atoms with Crippen LogP contribution >= 0.6 is 11.3 Å². The van der Waals surface area contributed by atoms with Crippen molar-refractivity contribution in [2.75, 3.05) is 0 Å². The molecule has 1 aliphatic carbocycles. The number of aromatic nitrogens is 4. The molecule has 5 rings (SSSR count). The summed E-state index contributed by atoms with van der Waals surface area (Å²) in [4.78, 5) is 13.8. The van der Waals surface area contributed by atoms with E-state index in [0.29, 0.717) is 24.2 Å². The lowest BCUT2D eigenvalue weighted by atomic mass is 9.87. The smallest absolute Gasteiger partial charge is 0.185 e. The first-order valence-electron chi connectivity index (χ1n) is 8.69. The van der Waals surface area contributed by atoms with Gasteiger partial charge in [-0.05, 0) is 36.1 Å². The maximum Gasteiger partial charge on any atom is 0.185 e. The lowest BCUT2D eigenvalue weighted by Gasteiger charge is -2.21. The summed E-state index contributed by atoms with van der Waals surface area (Å²) in [6, 6.07) is 10.3. The number of carbonyl (C=O) groups is 1. The third kappa shape index (κ3) is 2.57. The van der Waals surface area contributed by atoms with Crippen LogP contribution in [0.4, 0.5) is 4.39 Å². The van der Waals surface area contributed by atoms with Crippen molar-refractivity contribution in [1.82, 2.24) is 19.8 Å². The van der Waals surface area contributed by atoms with Crippen molar-refractivity contribution in [2.24, 2.45) is 0 Å². The number of aryl methyl sites for hydroxylation is 1. The highest BCUT2D eigenvalue weighted by Crippen LogP contribution is 2.35. The molecule has 1 aliphatic rings. The van der Waals surface area contributed by atoms with E-state index in [1.165, 1.54) is 17.0 Å². The Balaban J connectivity index is 1.69. The van der Waals surface area contributed by atoms with Gasteiger partial charge in [-0.25, -0.2) is 8.91 Å². The van der Waals surface area contributed by atoms with Gasteiger partial charge in [-0.15, -0.1) is 21.5 Å². The highest BCUT2D eigenvalue weighted by molar-refractivity contribution is 7.10. The van der Waals surface area contributed by atoms with Gasteiger partial charge < -0.3 is 0 Å². The van der Waals surface area contributed by atoms with Gasteiger partial charge in [0.15, 0.2) is 17.1 Å². The quantitative estimate of drug-likeness (QED) is 0.524. The van der Waals surface area contributed by atoms with Gasteiger partial charge in [-0.3, -0.25) is 4.79 Å². The Morgan fingerprint density at radius 1 is 1.15 bits per heavy atom. The molecule has 1 atom stereocenters. The van der Waals surface area contributed by atoms with E-state index in [1.54, 1.807) is 28.0 Å². The first-order valence-corrected chi connectivity index (χ1v) is 9.57. The molecule has 0 spiro atoms. The van der Waals surface area contributed by atoms with Crippen LogP contribution in [0.2, 0.25) is 0 Å². The maximum atomic E-state index is 13.3. The van der Waals surface area contributed by atoms with Gasteiger partial charge in [0.1, 0.15) is 5.82 Å². The minimum Gasteiger partial charge on any atom is -0.292 e. The summed E-state index contributed by atoms with van der Waals surface area (Å²) in [6.07, 6.45) is 1.14. The molecule has 0 saturated carbocycles. The zero-order valence-corrected chi connectivity index (χ0v) is 15.3. The van der Waals surface area contributed by atoms with Crippen molar-refractivity contribution in [1.29, 1.82) is 0 Å². The summed E-state index contributed by atoms with van der Waals surface area (Å²) < 4.78 is 15.0. The third-order valence-electron chi connectivity index (χ3n) is 5.02. The Kier molecular flexibility index (Phi) is 3.65. The highest BCUT2D eigenvalue weighted by Gasteiger charge is 2.31. The second kappa shape index (κ2) is 6.06. The molecule has 0 saturated heterocycles. The van der Waals surface area contributed by atoms with E-state index < -0.39 is 0 Å². The number of rotatable bonds is 2. The van der Waals surface area contributed by atoms with E-state index in [1.807, 2.05) is 18.4 Å². The summed E-state index contributed by atoms with van der Waals surface area (Å²) in [7, 11) is 0. The van der Waals surface area contributed by atoms with Crippen molar-refractivity contribution < 1.29 is 9.18 Å². The number of Topliss-reactive ketones (excluding diaryl/α,β-unsaturated/α-hetero) is 1. The van der Waals surface area contributed by atoms with Gasteiger partial charge in [-0.1, -0.05) is 18.2 Å². The van der Waals surface area contributed by atoms with Gasteiger partial charge in [0.05, 0.1) is 17.0 Å². The molecule has 0 unspecified atom stereocenters. The average Bonchev–Trinajstić information content (AvgIpc) is 3.30. The molecule has 4 aromatic rings. The molecule has 0 radical (unpaired) electrons. The summed E-state index contributed by atoms with van der Waals surface area (Å²) >= 11 is 1.66. The second-order valence-electron chi connectivity index (χ2n) is 6.74. The normalized spacial score (nSPS) is 16.7. The number of fused-ring (bicyclic) bond motifs is 3. The van der Waals surface area contributed by atoms with E-state index in [4.69, 9.17) is 0 Å². The Morgan fingerprint density at radius 3 is 2.70 bits per heavy atom. The number of halogens is 1. The molecular weight excluding hydrogens is 363 g/mol.